The summed E-state index contributed by atoms with van der Waals surface area (Å²) in [5.41, 5.74) is 0.0703. The Bertz CT molecular complexity index is 520. The molecule has 0 aliphatic rings. The quantitative estimate of drug-likeness (QED) is 0.628. The lowest BCUT2D eigenvalue weighted by molar-refractivity contribution is 0.0978. The van der Waals surface area contributed by atoms with E-state index in [1.165, 1.54) is 19.1 Å². The fourth-order valence-electron chi connectivity index (χ4n) is 1.27. The zero-order valence-corrected chi connectivity index (χ0v) is 11.0. The second-order valence-corrected chi connectivity index (χ2v) is 7.26. The van der Waals surface area contributed by atoms with Crippen LogP contribution in [0.4, 0.5) is 4.39 Å². The van der Waals surface area contributed by atoms with Crippen molar-refractivity contribution in [2.24, 2.45) is 0 Å². The van der Waals surface area contributed by atoms with Crippen molar-refractivity contribution in [2.45, 2.75) is 18.1 Å². The molecule has 0 fully saturated rings. The van der Waals surface area contributed by atoms with Gasteiger partial charge in [0.2, 0.25) is 4.21 Å². The monoisotopic (exact) mass is 278 g/mol. The van der Waals surface area contributed by atoms with Crippen molar-refractivity contribution in [3.8, 4) is 0 Å². The average Bonchev–Trinajstić information content (AvgIpc) is 2.28. The van der Waals surface area contributed by atoms with E-state index in [1.54, 1.807) is 0 Å². The molecule has 0 bridgehead atoms. The molecule has 0 heterocycles. The first-order chi connectivity index (χ1) is 7.72. The summed E-state index contributed by atoms with van der Waals surface area (Å²) in [6.07, 6.45) is 0. The number of carbonyl (C=O) groups excluding carboxylic acids is 1. The molecular formula is C11H12ClFO3S. The van der Waals surface area contributed by atoms with Crippen molar-refractivity contribution in [3.05, 3.63) is 35.6 Å². The van der Waals surface area contributed by atoms with Gasteiger partial charge in [-0.05, 0) is 31.2 Å². The van der Waals surface area contributed by atoms with Crippen LogP contribution in [0.2, 0.25) is 0 Å². The number of alkyl halides is 1. The predicted molar refractivity (Wildman–Crippen MR) is 64.4 cm³/mol. The van der Waals surface area contributed by atoms with Crippen LogP contribution < -0.4 is 0 Å². The summed E-state index contributed by atoms with van der Waals surface area (Å²) < 4.78 is 34.0. The van der Waals surface area contributed by atoms with E-state index >= 15 is 0 Å². The van der Waals surface area contributed by atoms with Crippen LogP contribution in [0.15, 0.2) is 24.3 Å². The van der Waals surface area contributed by atoms with Crippen molar-refractivity contribution in [1.29, 1.82) is 0 Å². The van der Waals surface area contributed by atoms with Gasteiger partial charge in [0.25, 0.3) is 0 Å². The number of halogens is 2. The number of ketones is 1. The molecule has 1 atom stereocenters. The standard InChI is InChI=1S/C11H12ClFO3S/c1-3-17(15,16)11(2,12)10(14)8-4-6-9(13)7-5-8/h4-7H,3H2,1-2H3. The molecule has 1 rings (SSSR count). The Labute approximate surface area is 105 Å². The first-order valence-corrected chi connectivity index (χ1v) is 6.97. The summed E-state index contributed by atoms with van der Waals surface area (Å²) in [4.78, 5) is 11.9. The average molecular weight is 279 g/mol. The Balaban J connectivity index is 3.18. The predicted octanol–water partition coefficient (Wildman–Crippen LogP) is 2.40. The van der Waals surface area contributed by atoms with Gasteiger partial charge in [-0.15, -0.1) is 0 Å². The van der Waals surface area contributed by atoms with Crippen LogP contribution >= 0.6 is 11.6 Å². The van der Waals surface area contributed by atoms with Gasteiger partial charge in [-0.2, -0.15) is 0 Å². The van der Waals surface area contributed by atoms with E-state index in [9.17, 15) is 17.6 Å². The molecule has 0 N–H and O–H groups in total. The Morgan fingerprint density at radius 2 is 1.82 bits per heavy atom. The molecule has 0 aromatic heterocycles. The van der Waals surface area contributed by atoms with Gasteiger partial charge >= 0.3 is 0 Å². The highest BCUT2D eigenvalue weighted by Gasteiger charge is 2.43. The largest absolute Gasteiger partial charge is 0.291 e. The molecule has 1 aromatic rings. The number of sulfone groups is 1. The van der Waals surface area contributed by atoms with E-state index in [1.807, 2.05) is 0 Å². The van der Waals surface area contributed by atoms with Crippen LogP contribution in [0.3, 0.4) is 0 Å². The van der Waals surface area contributed by atoms with Crippen molar-refractivity contribution in [2.75, 3.05) is 5.75 Å². The van der Waals surface area contributed by atoms with Crippen molar-refractivity contribution in [3.63, 3.8) is 0 Å². The molecule has 0 aliphatic carbocycles. The number of hydrogen-bond acceptors (Lipinski definition) is 3. The summed E-state index contributed by atoms with van der Waals surface area (Å²) in [5, 5.41) is 0. The minimum atomic E-state index is -3.73. The van der Waals surface area contributed by atoms with Gasteiger partial charge in [-0.25, -0.2) is 12.8 Å². The number of rotatable bonds is 4. The van der Waals surface area contributed by atoms with Gasteiger partial charge < -0.3 is 0 Å². The third kappa shape index (κ3) is 2.66. The van der Waals surface area contributed by atoms with Gasteiger partial charge in [0, 0.05) is 11.3 Å². The molecule has 0 amide bonds. The zero-order chi connectivity index (χ0) is 13.3. The maximum atomic E-state index is 12.7. The van der Waals surface area contributed by atoms with Crippen molar-refractivity contribution in [1.82, 2.24) is 0 Å². The molecule has 0 saturated heterocycles. The van der Waals surface area contributed by atoms with E-state index in [4.69, 9.17) is 11.6 Å². The summed E-state index contributed by atoms with van der Waals surface area (Å²) in [6.45, 7) is 2.55. The van der Waals surface area contributed by atoms with Crippen LogP contribution in [0.25, 0.3) is 0 Å². The highest BCUT2D eigenvalue weighted by molar-refractivity contribution is 7.95. The third-order valence-corrected chi connectivity index (χ3v) is 5.47. The molecule has 0 spiro atoms. The highest BCUT2D eigenvalue weighted by Crippen LogP contribution is 2.28. The van der Waals surface area contributed by atoms with E-state index in [0.717, 1.165) is 19.1 Å². The molecular weight excluding hydrogens is 267 g/mol. The molecule has 0 saturated carbocycles. The SMILES string of the molecule is CCS(=O)(=O)C(C)(Cl)C(=O)c1ccc(F)cc1. The highest BCUT2D eigenvalue weighted by atomic mass is 35.5. The van der Waals surface area contributed by atoms with Gasteiger partial charge in [0.15, 0.2) is 15.6 Å². The Kier molecular flexibility index (Phi) is 3.94. The molecule has 0 radical (unpaired) electrons. The van der Waals surface area contributed by atoms with E-state index in [2.05, 4.69) is 0 Å². The number of benzene rings is 1. The number of hydrogen-bond donors (Lipinski definition) is 0. The number of Topliss-reactive ketones (excluding diaryl/α,β-unsaturated/α-hetero) is 1. The van der Waals surface area contributed by atoms with Crippen LogP contribution in [0.5, 0.6) is 0 Å². The van der Waals surface area contributed by atoms with Crippen LogP contribution in [0, 0.1) is 5.82 Å². The lowest BCUT2D eigenvalue weighted by Gasteiger charge is -2.20. The second kappa shape index (κ2) is 4.74. The molecule has 17 heavy (non-hydrogen) atoms. The van der Waals surface area contributed by atoms with Crippen molar-refractivity contribution < 1.29 is 17.6 Å². The molecule has 3 nitrogen and oxygen atoms in total. The van der Waals surface area contributed by atoms with E-state index < -0.39 is 25.6 Å². The minimum absolute atomic E-state index is 0.0703. The molecule has 1 unspecified atom stereocenters. The lowest BCUT2D eigenvalue weighted by atomic mass is 10.1. The summed E-state index contributed by atoms with van der Waals surface area (Å²) in [5.74, 6) is -1.49. The maximum Gasteiger partial charge on any atom is 0.205 e. The third-order valence-electron chi connectivity index (χ3n) is 2.48. The van der Waals surface area contributed by atoms with Crippen molar-refractivity contribution >= 4 is 27.2 Å². The minimum Gasteiger partial charge on any atom is -0.291 e. The van der Waals surface area contributed by atoms with E-state index in [-0.39, 0.29) is 11.3 Å². The molecule has 1 aromatic carbocycles. The topological polar surface area (TPSA) is 51.2 Å². The molecule has 6 heteroatoms. The van der Waals surface area contributed by atoms with E-state index in [0.29, 0.717) is 0 Å². The molecule has 0 aliphatic heterocycles. The summed E-state index contributed by atoms with van der Waals surface area (Å²) >= 11 is 5.82. The van der Waals surface area contributed by atoms with Crippen LogP contribution in [0.1, 0.15) is 24.2 Å². The number of carbonyl (C=O) groups is 1. The molecule has 94 valence electrons. The Morgan fingerprint density at radius 3 is 2.24 bits per heavy atom. The fraction of sp³-hybridized carbons (Fsp3) is 0.364. The lowest BCUT2D eigenvalue weighted by Crippen LogP contribution is -2.39. The zero-order valence-electron chi connectivity index (χ0n) is 9.41. The Hall–Kier alpha value is -0.940. The smallest absolute Gasteiger partial charge is 0.205 e. The fourth-order valence-corrected chi connectivity index (χ4v) is 2.65. The Morgan fingerprint density at radius 1 is 1.35 bits per heavy atom. The van der Waals surface area contributed by atoms with Gasteiger partial charge in [-0.1, -0.05) is 18.5 Å². The first-order valence-electron chi connectivity index (χ1n) is 4.94. The normalized spacial score (nSPS) is 15.3. The van der Waals surface area contributed by atoms with Crippen LogP contribution in [-0.2, 0) is 9.84 Å². The first kappa shape index (κ1) is 14.1. The van der Waals surface area contributed by atoms with Gasteiger partial charge in [-0.3, -0.25) is 4.79 Å². The maximum absolute atomic E-state index is 12.7. The second-order valence-electron chi connectivity index (χ2n) is 3.66. The van der Waals surface area contributed by atoms with Gasteiger partial charge in [0.1, 0.15) is 5.82 Å². The van der Waals surface area contributed by atoms with Crippen LogP contribution in [-0.4, -0.2) is 24.2 Å². The summed E-state index contributed by atoms with van der Waals surface area (Å²) in [7, 11) is -3.73. The summed E-state index contributed by atoms with van der Waals surface area (Å²) in [6, 6.07) is 4.59. The van der Waals surface area contributed by atoms with Gasteiger partial charge in [0.05, 0.1) is 0 Å².